The summed E-state index contributed by atoms with van der Waals surface area (Å²) in [5.41, 5.74) is 1.08. The van der Waals surface area contributed by atoms with Gasteiger partial charge in [-0.1, -0.05) is 6.07 Å². The van der Waals surface area contributed by atoms with Crippen molar-refractivity contribution in [2.45, 2.75) is 39.4 Å². The zero-order valence-electron chi connectivity index (χ0n) is 10.4. The summed E-state index contributed by atoms with van der Waals surface area (Å²) in [6.07, 6.45) is 0.269. The lowest BCUT2D eigenvalue weighted by Crippen LogP contribution is -2.18. The molecule has 0 heterocycles. The minimum Gasteiger partial charge on any atom is -0.496 e. The molecular formula is C13H20O3. The second-order valence-corrected chi connectivity index (χ2v) is 4.14. The molecule has 0 aliphatic heterocycles. The van der Waals surface area contributed by atoms with Gasteiger partial charge in [0.1, 0.15) is 11.5 Å². The molecule has 0 radical (unpaired) electrons. The van der Waals surface area contributed by atoms with Gasteiger partial charge in [0, 0.05) is 12.5 Å². The molecule has 0 aliphatic carbocycles. The van der Waals surface area contributed by atoms with Gasteiger partial charge in [0.25, 0.3) is 0 Å². The fourth-order valence-electron chi connectivity index (χ4n) is 1.63. The summed E-state index contributed by atoms with van der Waals surface area (Å²) >= 11 is 0. The second-order valence-electron chi connectivity index (χ2n) is 4.14. The molecule has 0 saturated carbocycles. The van der Waals surface area contributed by atoms with Gasteiger partial charge in [0.05, 0.1) is 19.3 Å². The van der Waals surface area contributed by atoms with Crippen molar-refractivity contribution in [3.05, 3.63) is 23.8 Å². The Hall–Kier alpha value is -1.22. The largest absolute Gasteiger partial charge is 0.496 e. The van der Waals surface area contributed by atoms with E-state index in [2.05, 4.69) is 0 Å². The van der Waals surface area contributed by atoms with E-state index in [9.17, 15) is 5.11 Å². The quantitative estimate of drug-likeness (QED) is 0.835. The van der Waals surface area contributed by atoms with Crippen LogP contribution in [0, 0.1) is 6.92 Å². The lowest BCUT2D eigenvalue weighted by molar-refractivity contribution is 0.115. The minimum absolute atomic E-state index is 0.00703. The monoisotopic (exact) mass is 224 g/mol. The third-order valence-corrected chi connectivity index (χ3v) is 2.39. The van der Waals surface area contributed by atoms with E-state index < -0.39 is 0 Å². The van der Waals surface area contributed by atoms with E-state index in [0.717, 1.165) is 17.1 Å². The Morgan fingerprint density at radius 1 is 1.31 bits per heavy atom. The van der Waals surface area contributed by atoms with E-state index in [1.54, 1.807) is 14.0 Å². The third-order valence-electron chi connectivity index (χ3n) is 2.39. The van der Waals surface area contributed by atoms with Gasteiger partial charge in [-0.2, -0.15) is 0 Å². The SMILES string of the molecule is COc1cc(O[C@@H](C)CC(C)O)ccc1C. The summed E-state index contributed by atoms with van der Waals surface area (Å²) in [5, 5.41) is 9.24. The number of aryl methyl sites for hydroxylation is 1. The third kappa shape index (κ3) is 3.74. The average molecular weight is 224 g/mol. The molecule has 1 rings (SSSR count). The molecular weight excluding hydrogens is 204 g/mol. The molecule has 3 nitrogen and oxygen atoms in total. The summed E-state index contributed by atoms with van der Waals surface area (Å²) in [7, 11) is 1.64. The maximum atomic E-state index is 9.24. The molecule has 0 spiro atoms. The van der Waals surface area contributed by atoms with Crippen LogP contribution < -0.4 is 9.47 Å². The van der Waals surface area contributed by atoms with Crippen LogP contribution in [-0.4, -0.2) is 24.4 Å². The van der Waals surface area contributed by atoms with E-state index >= 15 is 0 Å². The first-order chi connectivity index (χ1) is 7.52. The van der Waals surface area contributed by atoms with Crippen LogP contribution in [0.3, 0.4) is 0 Å². The summed E-state index contributed by atoms with van der Waals surface area (Å²) in [6, 6.07) is 5.74. The molecule has 1 aromatic carbocycles. The number of aliphatic hydroxyl groups is 1. The highest BCUT2D eigenvalue weighted by Crippen LogP contribution is 2.24. The van der Waals surface area contributed by atoms with Crippen molar-refractivity contribution in [3.8, 4) is 11.5 Å². The van der Waals surface area contributed by atoms with Crippen molar-refractivity contribution in [3.63, 3.8) is 0 Å². The first-order valence-corrected chi connectivity index (χ1v) is 5.52. The van der Waals surface area contributed by atoms with Crippen molar-refractivity contribution < 1.29 is 14.6 Å². The van der Waals surface area contributed by atoms with Crippen molar-refractivity contribution >= 4 is 0 Å². The van der Waals surface area contributed by atoms with Crippen LogP contribution in [0.15, 0.2) is 18.2 Å². The van der Waals surface area contributed by atoms with Crippen molar-refractivity contribution in [2.24, 2.45) is 0 Å². The first kappa shape index (κ1) is 12.8. The first-order valence-electron chi connectivity index (χ1n) is 5.52. The predicted octanol–water partition coefficient (Wildman–Crippen LogP) is 2.54. The van der Waals surface area contributed by atoms with Crippen LogP contribution in [0.4, 0.5) is 0 Å². The highest BCUT2D eigenvalue weighted by molar-refractivity contribution is 5.39. The number of rotatable bonds is 5. The van der Waals surface area contributed by atoms with Crippen LogP contribution in [0.1, 0.15) is 25.8 Å². The Morgan fingerprint density at radius 3 is 2.56 bits per heavy atom. The van der Waals surface area contributed by atoms with Gasteiger partial charge < -0.3 is 14.6 Å². The normalized spacial score (nSPS) is 14.3. The molecule has 2 atom stereocenters. The molecule has 0 aliphatic rings. The zero-order valence-corrected chi connectivity index (χ0v) is 10.4. The van der Waals surface area contributed by atoms with Crippen molar-refractivity contribution in [1.82, 2.24) is 0 Å². The Bertz CT molecular complexity index is 334. The lowest BCUT2D eigenvalue weighted by Gasteiger charge is -2.17. The maximum Gasteiger partial charge on any atom is 0.125 e. The molecule has 0 bridgehead atoms. The fourth-order valence-corrected chi connectivity index (χ4v) is 1.63. The van der Waals surface area contributed by atoms with Crippen LogP contribution in [0.5, 0.6) is 11.5 Å². The number of ether oxygens (including phenoxy) is 2. The van der Waals surface area contributed by atoms with E-state index in [0.29, 0.717) is 6.42 Å². The average Bonchev–Trinajstić information content (AvgIpc) is 2.19. The molecule has 0 amide bonds. The zero-order chi connectivity index (χ0) is 12.1. The van der Waals surface area contributed by atoms with Gasteiger partial charge >= 0.3 is 0 Å². The van der Waals surface area contributed by atoms with Gasteiger partial charge in [-0.15, -0.1) is 0 Å². The van der Waals surface area contributed by atoms with Crippen LogP contribution in [-0.2, 0) is 0 Å². The van der Waals surface area contributed by atoms with Crippen molar-refractivity contribution in [2.75, 3.05) is 7.11 Å². The Kier molecular flexibility index (Phi) is 4.62. The van der Waals surface area contributed by atoms with E-state index in [1.165, 1.54) is 0 Å². The second kappa shape index (κ2) is 5.75. The molecule has 90 valence electrons. The van der Waals surface area contributed by atoms with Crippen molar-refractivity contribution in [1.29, 1.82) is 0 Å². The van der Waals surface area contributed by atoms with Crippen LogP contribution in [0.2, 0.25) is 0 Å². The van der Waals surface area contributed by atoms with E-state index in [1.807, 2.05) is 32.0 Å². The number of benzene rings is 1. The van der Waals surface area contributed by atoms with Gasteiger partial charge in [0.15, 0.2) is 0 Å². The van der Waals surface area contributed by atoms with Crippen LogP contribution in [0.25, 0.3) is 0 Å². The Labute approximate surface area is 97.0 Å². The molecule has 1 N–H and O–H groups in total. The summed E-state index contributed by atoms with van der Waals surface area (Å²) in [4.78, 5) is 0. The Morgan fingerprint density at radius 2 is 2.00 bits per heavy atom. The summed E-state index contributed by atoms with van der Waals surface area (Å²) in [5.74, 6) is 1.59. The fraction of sp³-hybridized carbons (Fsp3) is 0.538. The van der Waals surface area contributed by atoms with Gasteiger partial charge in [0.2, 0.25) is 0 Å². The number of hydrogen-bond donors (Lipinski definition) is 1. The van der Waals surface area contributed by atoms with E-state index in [-0.39, 0.29) is 12.2 Å². The number of aliphatic hydroxyl groups excluding tert-OH is 1. The minimum atomic E-state index is -0.345. The predicted molar refractivity (Wildman–Crippen MR) is 64.1 cm³/mol. The summed E-state index contributed by atoms with van der Waals surface area (Å²) in [6.45, 7) is 5.69. The van der Waals surface area contributed by atoms with E-state index in [4.69, 9.17) is 9.47 Å². The highest BCUT2D eigenvalue weighted by atomic mass is 16.5. The van der Waals surface area contributed by atoms with Crippen LogP contribution >= 0.6 is 0 Å². The smallest absolute Gasteiger partial charge is 0.125 e. The summed E-state index contributed by atoms with van der Waals surface area (Å²) < 4.78 is 10.9. The highest BCUT2D eigenvalue weighted by Gasteiger charge is 2.09. The molecule has 0 fully saturated rings. The topological polar surface area (TPSA) is 38.7 Å². The standard InChI is InChI=1S/C13H20O3/c1-9-5-6-12(8-13(9)15-4)16-11(3)7-10(2)14/h5-6,8,10-11,14H,7H2,1-4H3/t10?,11-/m0/s1. The molecule has 3 heteroatoms. The van der Waals surface area contributed by atoms with Gasteiger partial charge in [-0.25, -0.2) is 0 Å². The Balaban J connectivity index is 2.67. The molecule has 0 aromatic heterocycles. The molecule has 1 aromatic rings. The molecule has 1 unspecified atom stereocenters. The molecule has 0 saturated heterocycles. The number of methoxy groups -OCH3 is 1. The van der Waals surface area contributed by atoms with Gasteiger partial charge in [-0.3, -0.25) is 0 Å². The molecule has 16 heavy (non-hydrogen) atoms. The number of hydrogen-bond acceptors (Lipinski definition) is 3. The maximum absolute atomic E-state index is 9.24. The van der Waals surface area contributed by atoms with Gasteiger partial charge in [-0.05, 0) is 32.4 Å². The lowest BCUT2D eigenvalue weighted by atomic mass is 10.2.